The molecule has 0 saturated carbocycles. The van der Waals surface area contributed by atoms with Gasteiger partial charge in [-0.25, -0.2) is 4.99 Å². The van der Waals surface area contributed by atoms with Gasteiger partial charge in [0.1, 0.15) is 0 Å². The zero-order chi connectivity index (χ0) is 21.1. The molecule has 1 aliphatic heterocycles. The molecule has 1 aromatic carbocycles. The number of halogens is 1. The monoisotopic (exact) mass is 414 g/mol. The summed E-state index contributed by atoms with van der Waals surface area (Å²) in [6, 6.07) is 5.25. The zero-order valence-electron chi connectivity index (χ0n) is 17.4. The lowest BCUT2D eigenvalue weighted by molar-refractivity contribution is -0.112. The van der Waals surface area contributed by atoms with Crippen molar-refractivity contribution in [2.24, 2.45) is 4.99 Å². The molecule has 0 radical (unpaired) electrons. The summed E-state index contributed by atoms with van der Waals surface area (Å²) in [7, 11) is 0. The topological polar surface area (TPSA) is 77.6 Å². The van der Waals surface area contributed by atoms with Crippen molar-refractivity contribution in [2.45, 2.75) is 34.1 Å². The number of hydrogen-bond acceptors (Lipinski definition) is 3. The van der Waals surface area contributed by atoms with E-state index in [9.17, 15) is 9.59 Å². The number of benzene rings is 1. The number of amides is 2. The highest BCUT2D eigenvalue weighted by molar-refractivity contribution is 6.30. The summed E-state index contributed by atoms with van der Waals surface area (Å²) in [6.07, 6.45) is 0.384. The predicted molar refractivity (Wildman–Crippen MR) is 115 cm³/mol. The Hall–Kier alpha value is -2.44. The third-order valence-electron chi connectivity index (χ3n) is 5.49. The van der Waals surface area contributed by atoms with Crippen LogP contribution >= 0.6 is 11.6 Å². The van der Waals surface area contributed by atoms with Crippen molar-refractivity contribution in [3.8, 4) is 0 Å². The Morgan fingerprint density at radius 3 is 2.66 bits per heavy atom. The summed E-state index contributed by atoms with van der Waals surface area (Å²) < 4.78 is 0. The molecule has 0 unspecified atom stereocenters. The molecule has 2 heterocycles. The fourth-order valence-electron chi connectivity index (χ4n) is 3.78. The number of H-pyrrole nitrogens is 1. The Labute approximate surface area is 175 Å². The number of fused-ring (bicyclic) bond motifs is 1. The van der Waals surface area contributed by atoms with Gasteiger partial charge < -0.3 is 15.2 Å². The van der Waals surface area contributed by atoms with Gasteiger partial charge in [0.05, 0.1) is 10.9 Å². The van der Waals surface area contributed by atoms with Crippen molar-refractivity contribution in [2.75, 3.05) is 26.2 Å². The molecule has 3 rings (SSSR count). The molecule has 0 spiro atoms. The maximum atomic E-state index is 12.7. The molecular weight excluding hydrogens is 388 g/mol. The lowest BCUT2D eigenvalue weighted by atomic mass is 10.0. The molecule has 0 saturated heterocycles. The number of rotatable bonds is 8. The highest BCUT2D eigenvalue weighted by atomic mass is 35.5. The fourth-order valence-corrected chi connectivity index (χ4v) is 3.95. The lowest BCUT2D eigenvalue weighted by Gasteiger charge is -2.18. The molecule has 0 atom stereocenters. The van der Waals surface area contributed by atoms with Crippen LogP contribution in [0.3, 0.4) is 0 Å². The molecule has 0 bridgehead atoms. The van der Waals surface area contributed by atoms with Gasteiger partial charge in [-0.1, -0.05) is 25.4 Å². The second-order valence-corrected chi connectivity index (χ2v) is 7.68. The maximum absolute atomic E-state index is 12.7. The van der Waals surface area contributed by atoms with Crippen LogP contribution in [-0.2, 0) is 11.2 Å². The Kier molecular flexibility index (Phi) is 6.55. The van der Waals surface area contributed by atoms with Crippen LogP contribution in [-0.4, -0.2) is 47.9 Å². The third kappa shape index (κ3) is 4.43. The second-order valence-electron chi connectivity index (χ2n) is 7.25. The first kappa shape index (κ1) is 21.3. The van der Waals surface area contributed by atoms with Gasteiger partial charge in [-0.3, -0.25) is 9.59 Å². The highest BCUT2D eigenvalue weighted by Gasteiger charge is 2.22. The summed E-state index contributed by atoms with van der Waals surface area (Å²) in [5, 5.41) is 4.98. The molecule has 6 nitrogen and oxygen atoms in total. The Bertz CT molecular complexity index is 1070. The van der Waals surface area contributed by atoms with Gasteiger partial charge in [-0.15, -0.1) is 0 Å². The fraction of sp³-hybridized carbons (Fsp3) is 0.409. The minimum atomic E-state index is -0.251. The molecule has 7 heteroatoms. The molecule has 2 amide bonds. The number of aryl methyl sites for hydroxylation is 1. The van der Waals surface area contributed by atoms with Crippen molar-refractivity contribution in [1.29, 1.82) is 0 Å². The Morgan fingerprint density at radius 1 is 1.24 bits per heavy atom. The Morgan fingerprint density at radius 2 is 1.97 bits per heavy atom. The SMILES string of the molecule is CCN(CC)CCNC(=O)c1c(C)[nH]c(CC2=c3cc(Cl)ccc3=NC2=O)c1C. The highest BCUT2D eigenvalue weighted by Crippen LogP contribution is 2.21. The van der Waals surface area contributed by atoms with Gasteiger partial charge >= 0.3 is 0 Å². The van der Waals surface area contributed by atoms with Gasteiger partial charge in [0.15, 0.2) is 0 Å². The first-order chi connectivity index (χ1) is 13.8. The van der Waals surface area contributed by atoms with Crippen LogP contribution < -0.4 is 15.9 Å². The van der Waals surface area contributed by atoms with Gasteiger partial charge in [-0.05, 0) is 50.7 Å². The van der Waals surface area contributed by atoms with E-state index in [1.165, 1.54) is 0 Å². The summed E-state index contributed by atoms with van der Waals surface area (Å²) in [5.74, 6) is -0.343. The van der Waals surface area contributed by atoms with E-state index in [1.54, 1.807) is 18.2 Å². The zero-order valence-corrected chi connectivity index (χ0v) is 18.1. The van der Waals surface area contributed by atoms with Crippen molar-refractivity contribution in [1.82, 2.24) is 15.2 Å². The van der Waals surface area contributed by atoms with Crippen molar-refractivity contribution < 1.29 is 9.59 Å². The van der Waals surface area contributed by atoms with E-state index in [2.05, 4.69) is 34.0 Å². The van der Waals surface area contributed by atoms with Crippen LogP contribution in [0.4, 0.5) is 0 Å². The van der Waals surface area contributed by atoms with Gasteiger partial charge in [0, 0.05) is 46.7 Å². The normalized spacial score (nSPS) is 13.0. The summed E-state index contributed by atoms with van der Waals surface area (Å²) in [4.78, 5) is 34.8. The van der Waals surface area contributed by atoms with E-state index >= 15 is 0 Å². The Balaban J connectivity index is 1.82. The molecule has 2 aromatic rings. The minimum absolute atomic E-state index is 0.0921. The van der Waals surface area contributed by atoms with Gasteiger partial charge in [0.25, 0.3) is 11.8 Å². The molecule has 0 aliphatic carbocycles. The maximum Gasteiger partial charge on any atom is 0.274 e. The predicted octanol–water partition coefficient (Wildman–Crippen LogP) is 1.91. The first-order valence-electron chi connectivity index (χ1n) is 9.96. The van der Waals surface area contributed by atoms with E-state index in [1.807, 2.05) is 13.8 Å². The van der Waals surface area contributed by atoms with Crippen LogP contribution in [0.1, 0.15) is 41.2 Å². The average molecular weight is 415 g/mol. The van der Waals surface area contributed by atoms with Crippen molar-refractivity contribution in [3.05, 3.63) is 56.3 Å². The quantitative estimate of drug-likeness (QED) is 0.692. The number of hydrogen-bond donors (Lipinski definition) is 2. The largest absolute Gasteiger partial charge is 0.361 e. The number of nitrogens with zero attached hydrogens (tertiary/aromatic N) is 2. The summed E-state index contributed by atoms with van der Waals surface area (Å²) in [5.41, 5.74) is 3.75. The second kappa shape index (κ2) is 8.93. The van der Waals surface area contributed by atoms with Crippen LogP contribution in [0.25, 0.3) is 5.57 Å². The minimum Gasteiger partial charge on any atom is -0.361 e. The number of aromatic nitrogens is 1. The van der Waals surface area contributed by atoms with Crippen LogP contribution in [0.5, 0.6) is 0 Å². The number of likely N-dealkylation sites (N-methyl/N-ethyl adjacent to an activating group) is 1. The van der Waals surface area contributed by atoms with E-state index in [0.717, 1.165) is 41.8 Å². The first-order valence-corrected chi connectivity index (χ1v) is 10.3. The van der Waals surface area contributed by atoms with Crippen molar-refractivity contribution >= 4 is 29.0 Å². The molecule has 1 aliphatic rings. The number of carbonyl (C=O) groups excluding carboxylic acids is 2. The third-order valence-corrected chi connectivity index (χ3v) is 5.73. The van der Waals surface area contributed by atoms with Gasteiger partial charge in [-0.2, -0.15) is 0 Å². The smallest absolute Gasteiger partial charge is 0.274 e. The number of carbonyl (C=O) groups is 2. The molecule has 154 valence electrons. The standard InChI is InChI=1S/C22H27ClN4O2/c1-5-27(6-2)10-9-24-22(29)20-13(3)19(25-14(20)4)12-17-16-11-15(23)7-8-18(16)26-21(17)28/h7-8,11,25H,5-6,9-10,12H2,1-4H3,(H,24,29). The van der Waals surface area contributed by atoms with E-state index < -0.39 is 0 Å². The average Bonchev–Trinajstić information content (AvgIpc) is 3.14. The number of nitrogens with one attached hydrogen (secondary N) is 2. The molecular formula is C22H27ClN4O2. The molecule has 1 aromatic heterocycles. The number of aromatic amines is 1. The van der Waals surface area contributed by atoms with Crippen LogP contribution in [0, 0.1) is 13.8 Å². The van der Waals surface area contributed by atoms with Crippen molar-refractivity contribution in [3.63, 3.8) is 0 Å². The molecule has 29 heavy (non-hydrogen) atoms. The molecule has 0 fully saturated rings. The summed E-state index contributed by atoms with van der Waals surface area (Å²) in [6.45, 7) is 11.3. The van der Waals surface area contributed by atoms with E-state index in [-0.39, 0.29) is 11.8 Å². The molecule has 2 N–H and O–H groups in total. The van der Waals surface area contributed by atoms with E-state index in [4.69, 9.17) is 11.6 Å². The van der Waals surface area contributed by atoms with Gasteiger partial charge in [0.2, 0.25) is 0 Å². The van der Waals surface area contributed by atoms with E-state index in [0.29, 0.717) is 34.5 Å². The van der Waals surface area contributed by atoms with Crippen LogP contribution in [0.2, 0.25) is 5.02 Å². The lowest BCUT2D eigenvalue weighted by Crippen LogP contribution is -2.35. The summed E-state index contributed by atoms with van der Waals surface area (Å²) >= 11 is 6.10. The van der Waals surface area contributed by atoms with Crippen LogP contribution in [0.15, 0.2) is 23.2 Å².